The molecule has 1 saturated heterocycles. The lowest BCUT2D eigenvalue weighted by atomic mass is 9.39. The highest BCUT2D eigenvalue weighted by molar-refractivity contribution is 6.04. The zero-order chi connectivity index (χ0) is 17.9. The van der Waals surface area contributed by atoms with E-state index in [9.17, 15) is 19.8 Å². The van der Waals surface area contributed by atoms with Crippen molar-refractivity contribution in [2.75, 3.05) is 0 Å². The second-order valence-corrected chi connectivity index (χ2v) is 9.65. The molecule has 5 heteroatoms. The molecule has 0 aromatic carbocycles. The fourth-order valence-electron chi connectivity index (χ4n) is 7.90. The van der Waals surface area contributed by atoms with Crippen molar-refractivity contribution >= 4 is 11.8 Å². The van der Waals surface area contributed by atoms with Gasteiger partial charge in [0.05, 0.1) is 16.9 Å². The van der Waals surface area contributed by atoms with E-state index in [1.54, 1.807) is 0 Å². The first-order chi connectivity index (χ1) is 11.7. The van der Waals surface area contributed by atoms with E-state index >= 15 is 0 Å². The summed E-state index contributed by atoms with van der Waals surface area (Å²) in [6.45, 7) is 8.02. The highest BCUT2D eigenvalue weighted by Crippen LogP contribution is 2.73. The Bertz CT molecular complexity index is 715. The summed E-state index contributed by atoms with van der Waals surface area (Å²) in [5.41, 5.74) is -1.54. The number of aliphatic hydroxyl groups excluding tert-OH is 2. The third-order valence-electron chi connectivity index (χ3n) is 8.65. The Balaban J connectivity index is 1.76. The monoisotopic (exact) mass is 346 g/mol. The van der Waals surface area contributed by atoms with Crippen molar-refractivity contribution in [2.45, 2.75) is 64.3 Å². The molecule has 4 saturated carbocycles. The van der Waals surface area contributed by atoms with Gasteiger partial charge in [0.15, 0.2) is 5.78 Å². The van der Waals surface area contributed by atoms with Crippen LogP contribution in [0.2, 0.25) is 0 Å². The highest BCUT2D eigenvalue weighted by atomic mass is 16.6. The predicted molar refractivity (Wildman–Crippen MR) is 88.2 cm³/mol. The van der Waals surface area contributed by atoms with Crippen LogP contribution in [-0.4, -0.2) is 40.3 Å². The Morgan fingerprint density at radius 3 is 2.60 bits per heavy atom. The molecule has 0 aromatic rings. The maximum absolute atomic E-state index is 13.2. The molecule has 1 spiro atoms. The van der Waals surface area contributed by atoms with Crippen molar-refractivity contribution in [1.29, 1.82) is 0 Å². The van der Waals surface area contributed by atoms with Gasteiger partial charge in [0.1, 0.15) is 12.2 Å². The number of carbonyl (C=O) groups is 2. The third kappa shape index (κ3) is 1.47. The summed E-state index contributed by atoms with van der Waals surface area (Å²) >= 11 is 0. The minimum Gasteiger partial charge on any atom is -0.459 e. The molecule has 1 heterocycles. The zero-order valence-corrected chi connectivity index (χ0v) is 14.8. The summed E-state index contributed by atoms with van der Waals surface area (Å²) in [5.74, 6) is -0.923. The minimum absolute atomic E-state index is 0.0689. The lowest BCUT2D eigenvalue weighted by Crippen LogP contribution is -2.70. The van der Waals surface area contributed by atoms with Gasteiger partial charge in [0.2, 0.25) is 0 Å². The third-order valence-corrected chi connectivity index (χ3v) is 8.65. The van der Waals surface area contributed by atoms with Crippen molar-refractivity contribution in [3.8, 4) is 0 Å². The second kappa shape index (κ2) is 4.37. The molecule has 0 radical (unpaired) electrons. The van der Waals surface area contributed by atoms with Crippen LogP contribution in [0.25, 0.3) is 0 Å². The van der Waals surface area contributed by atoms with E-state index in [0.717, 1.165) is 19.3 Å². The minimum atomic E-state index is -1.05. The average molecular weight is 346 g/mol. The van der Waals surface area contributed by atoms with Crippen molar-refractivity contribution in [3.63, 3.8) is 0 Å². The van der Waals surface area contributed by atoms with Crippen LogP contribution < -0.4 is 0 Å². The van der Waals surface area contributed by atoms with Crippen molar-refractivity contribution in [1.82, 2.24) is 0 Å². The Labute approximate surface area is 147 Å². The number of aliphatic hydroxyl groups is 2. The Hall–Kier alpha value is -1.20. The smallest absolute Gasteiger partial charge is 0.312 e. The molecule has 136 valence electrons. The number of allylic oxidation sites excluding steroid dienone is 1. The van der Waals surface area contributed by atoms with E-state index < -0.39 is 34.6 Å². The number of rotatable bonds is 0. The molecule has 9 atom stereocenters. The topological polar surface area (TPSA) is 83.8 Å². The van der Waals surface area contributed by atoms with Gasteiger partial charge in [-0.3, -0.25) is 9.59 Å². The van der Waals surface area contributed by atoms with Crippen LogP contribution in [0.15, 0.2) is 12.2 Å². The molecule has 4 aliphatic carbocycles. The number of carbonyl (C=O) groups excluding carboxylic acids is 2. The summed E-state index contributed by atoms with van der Waals surface area (Å²) in [7, 11) is 0. The molecule has 5 fully saturated rings. The van der Waals surface area contributed by atoms with E-state index in [0.29, 0.717) is 18.4 Å². The first-order valence-electron chi connectivity index (χ1n) is 9.49. The number of ether oxygens (including phenoxy) is 1. The van der Waals surface area contributed by atoms with Crippen molar-refractivity contribution < 1.29 is 24.5 Å². The van der Waals surface area contributed by atoms with Crippen LogP contribution in [0.5, 0.6) is 0 Å². The molecule has 0 aromatic heterocycles. The van der Waals surface area contributed by atoms with Gasteiger partial charge >= 0.3 is 5.97 Å². The number of esters is 1. The van der Waals surface area contributed by atoms with E-state index in [4.69, 9.17) is 4.74 Å². The van der Waals surface area contributed by atoms with Crippen LogP contribution in [0.4, 0.5) is 0 Å². The molecule has 2 bridgehead atoms. The van der Waals surface area contributed by atoms with Crippen LogP contribution >= 0.6 is 0 Å². The lowest BCUT2D eigenvalue weighted by molar-refractivity contribution is -0.239. The quantitative estimate of drug-likeness (QED) is 0.514. The molecule has 6 unspecified atom stereocenters. The van der Waals surface area contributed by atoms with E-state index in [1.807, 2.05) is 6.92 Å². The fraction of sp³-hybridized carbons (Fsp3) is 0.800. The van der Waals surface area contributed by atoms with Crippen LogP contribution in [0.3, 0.4) is 0 Å². The molecular weight excluding hydrogens is 320 g/mol. The first kappa shape index (κ1) is 16.0. The van der Waals surface area contributed by atoms with Crippen LogP contribution in [0.1, 0.15) is 46.0 Å². The van der Waals surface area contributed by atoms with E-state index in [-0.39, 0.29) is 29.5 Å². The molecule has 0 amide bonds. The molecular formula is C20H26O5. The number of hydrogen-bond donors (Lipinski definition) is 2. The normalized spacial score (nSPS) is 59.4. The summed E-state index contributed by atoms with van der Waals surface area (Å²) in [4.78, 5) is 25.9. The summed E-state index contributed by atoms with van der Waals surface area (Å²) in [5, 5.41) is 22.4. The SMILES string of the molecule is C=C1C(=O)C23CC1C[C@H](O)C2[C@]1(C)CCCC2(C)C(=O)OC(C21)[C@@H]3O. The Kier molecular flexibility index (Phi) is 2.80. The van der Waals surface area contributed by atoms with Crippen LogP contribution in [-0.2, 0) is 14.3 Å². The lowest BCUT2D eigenvalue weighted by Gasteiger charge is -2.63. The Morgan fingerprint density at radius 1 is 1.16 bits per heavy atom. The van der Waals surface area contributed by atoms with Crippen molar-refractivity contribution in [3.05, 3.63) is 12.2 Å². The zero-order valence-electron chi connectivity index (χ0n) is 14.8. The number of ketones is 1. The number of Topliss-reactive ketones (excluding diaryl/α,β-unsaturated/α-hetero) is 1. The average Bonchev–Trinajstić information content (AvgIpc) is 2.92. The fourth-order valence-corrected chi connectivity index (χ4v) is 7.90. The van der Waals surface area contributed by atoms with Gasteiger partial charge in [0.25, 0.3) is 0 Å². The van der Waals surface area contributed by atoms with Gasteiger partial charge in [-0.15, -0.1) is 0 Å². The van der Waals surface area contributed by atoms with Gasteiger partial charge in [-0.2, -0.15) is 0 Å². The van der Waals surface area contributed by atoms with Gasteiger partial charge in [-0.1, -0.05) is 19.9 Å². The molecule has 25 heavy (non-hydrogen) atoms. The molecule has 5 rings (SSSR count). The van der Waals surface area contributed by atoms with Gasteiger partial charge in [-0.05, 0) is 49.5 Å². The number of hydrogen-bond acceptors (Lipinski definition) is 5. The van der Waals surface area contributed by atoms with E-state index in [2.05, 4.69) is 13.5 Å². The largest absolute Gasteiger partial charge is 0.459 e. The maximum atomic E-state index is 13.2. The molecule has 5 nitrogen and oxygen atoms in total. The van der Waals surface area contributed by atoms with E-state index in [1.165, 1.54) is 0 Å². The van der Waals surface area contributed by atoms with Gasteiger partial charge < -0.3 is 14.9 Å². The highest BCUT2D eigenvalue weighted by Gasteiger charge is 2.78. The Morgan fingerprint density at radius 2 is 1.88 bits per heavy atom. The number of fused-ring (bicyclic) bond motifs is 2. The molecule has 5 aliphatic rings. The van der Waals surface area contributed by atoms with Crippen molar-refractivity contribution in [2.24, 2.45) is 34.0 Å². The first-order valence-corrected chi connectivity index (χ1v) is 9.49. The molecule has 2 N–H and O–H groups in total. The van der Waals surface area contributed by atoms with Gasteiger partial charge in [-0.25, -0.2) is 0 Å². The summed E-state index contributed by atoms with van der Waals surface area (Å²) in [6.07, 6.45) is 1.17. The predicted octanol–water partition coefficient (Wildman–Crippen LogP) is 1.61. The second-order valence-electron chi connectivity index (χ2n) is 9.65. The maximum Gasteiger partial charge on any atom is 0.312 e. The summed E-state index contributed by atoms with van der Waals surface area (Å²) in [6, 6.07) is 0. The standard InChI is InChI=1S/C20H26O5/c1-9-10-7-11(21)13-18(2)5-4-6-19(3)14(18)12(25-17(19)24)16(23)20(13,8-10)15(9)22/h10-14,16,21,23H,1,4-8H2,2-3H3/t10?,11-,12?,13?,14?,16-,18-,19?,20?/m0/s1. The summed E-state index contributed by atoms with van der Waals surface area (Å²) < 4.78 is 5.72. The van der Waals surface area contributed by atoms with Gasteiger partial charge in [0, 0.05) is 11.8 Å². The van der Waals surface area contributed by atoms with Crippen LogP contribution in [0, 0.1) is 34.0 Å². The molecule has 1 aliphatic heterocycles.